The number of rotatable bonds is 15. The van der Waals surface area contributed by atoms with Gasteiger partial charge in [0.1, 0.15) is 6.10 Å². The van der Waals surface area contributed by atoms with Crippen LogP contribution in [-0.2, 0) is 14.1 Å². The number of piperidine rings is 1. The van der Waals surface area contributed by atoms with Crippen molar-refractivity contribution in [1.82, 2.24) is 5.06 Å². The lowest BCUT2D eigenvalue weighted by molar-refractivity contribution is -0.259. The van der Waals surface area contributed by atoms with Crippen LogP contribution in [0, 0.1) is 0 Å². The summed E-state index contributed by atoms with van der Waals surface area (Å²) in [6.07, 6.45) is 10.4. The second-order valence-corrected chi connectivity index (χ2v) is 18.1. The van der Waals surface area contributed by atoms with Crippen molar-refractivity contribution in [3.8, 4) is 0 Å². The first-order valence-electron chi connectivity index (χ1n) is 18.6. The third-order valence-electron chi connectivity index (χ3n) is 10.5. The van der Waals surface area contributed by atoms with Gasteiger partial charge in [0.05, 0.1) is 0 Å². The summed E-state index contributed by atoms with van der Waals surface area (Å²) in [5, 5.41) is 14.5. The lowest BCUT2D eigenvalue weighted by Gasteiger charge is -2.50. The molecule has 4 aromatic carbocycles. The predicted molar refractivity (Wildman–Crippen MR) is 211 cm³/mol. The van der Waals surface area contributed by atoms with Gasteiger partial charge in [0, 0.05) is 46.3 Å². The van der Waals surface area contributed by atoms with E-state index >= 15 is 0 Å². The van der Waals surface area contributed by atoms with Crippen molar-refractivity contribution in [2.24, 2.45) is 0 Å². The highest BCUT2D eigenvalue weighted by Gasteiger charge is 2.46. The molecule has 4 aromatic rings. The molecule has 0 spiro atoms. The number of hydroxylamine groups is 2. The number of unbranched alkanes of at least 4 members (excludes halogenated alkanes) is 1. The molecule has 2 unspecified atom stereocenters. The highest BCUT2D eigenvalue weighted by molar-refractivity contribution is 7.85. The van der Waals surface area contributed by atoms with Crippen molar-refractivity contribution in [2.45, 2.75) is 115 Å². The van der Waals surface area contributed by atoms with Crippen LogP contribution in [0.5, 0.6) is 0 Å². The Kier molecular flexibility index (Phi) is 13.0. The lowest BCUT2D eigenvalue weighted by atomic mass is 9.80. The normalized spacial score (nSPS) is 17.6. The Morgan fingerprint density at radius 1 is 0.765 bits per heavy atom. The molecule has 5 rings (SSSR count). The Morgan fingerprint density at radius 2 is 1.25 bits per heavy atom. The summed E-state index contributed by atoms with van der Waals surface area (Å²) in [6, 6.07) is 39.0. The van der Waals surface area contributed by atoms with Crippen LogP contribution in [0.25, 0.3) is 0 Å². The zero-order valence-electron chi connectivity index (χ0n) is 31.1. The van der Waals surface area contributed by atoms with Crippen LogP contribution >= 0.6 is 7.14 Å². The molecule has 0 aromatic heterocycles. The molecule has 0 amide bonds. The summed E-state index contributed by atoms with van der Waals surface area (Å²) in [5.74, 6) is 0.544. The fourth-order valence-electron chi connectivity index (χ4n) is 7.90. The third-order valence-corrected chi connectivity index (χ3v) is 13.6. The van der Waals surface area contributed by atoms with Crippen molar-refractivity contribution >= 4 is 29.0 Å². The van der Waals surface area contributed by atoms with E-state index in [-0.39, 0.29) is 12.1 Å². The Morgan fingerprint density at radius 3 is 1.78 bits per heavy atom. The van der Waals surface area contributed by atoms with Gasteiger partial charge in [-0.1, -0.05) is 134 Å². The van der Waals surface area contributed by atoms with Gasteiger partial charge >= 0.3 is 5.97 Å². The van der Waals surface area contributed by atoms with E-state index < -0.39 is 18.2 Å². The molecule has 1 fully saturated rings. The zero-order valence-corrected chi connectivity index (χ0v) is 32.0. The second-order valence-electron chi connectivity index (χ2n) is 15.4. The number of esters is 1. The van der Waals surface area contributed by atoms with E-state index in [1.54, 1.807) is 0 Å². The van der Waals surface area contributed by atoms with Crippen LogP contribution in [0.1, 0.15) is 109 Å². The summed E-state index contributed by atoms with van der Waals surface area (Å²) in [7, 11) is -3.01. The molecule has 2 atom stereocenters. The SMILES string of the molecule is CCC(CC(C/C=C/CCCC(=O)OC1CC(C)(C)N(O)C(C)(C)C1)c1ccccc1)c1ccc(P(=O)(c2ccccc2)c2ccccc2)cc1. The van der Waals surface area contributed by atoms with Crippen molar-refractivity contribution in [2.75, 3.05) is 0 Å². The molecule has 0 aliphatic carbocycles. The minimum absolute atomic E-state index is 0.158. The Labute approximate surface area is 306 Å². The average Bonchev–Trinajstić information content (AvgIpc) is 3.14. The summed E-state index contributed by atoms with van der Waals surface area (Å²) < 4.78 is 20.7. The first kappa shape index (κ1) is 38.5. The number of allylic oxidation sites excluding steroid dienone is 2. The molecule has 270 valence electrons. The molecular weight excluding hydrogens is 649 g/mol. The standard InChI is InChI=1S/C45H56NO4P/c1-6-35(37-28-30-42(31-29-37)51(49,40-23-15-10-16-24-40)41-25-17-11-18-26-41)32-38(36-20-13-9-14-21-36)22-12-7-8-19-27-43(47)50-39-33-44(2,3)46(48)45(4,5)34-39/h7,9-18,20-21,23-26,28-31,35,38-39,48H,6,8,19,22,27,32-34H2,1-5H3/b12-7+. The summed E-state index contributed by atoms with van der Waals surface area (Å²) in [4.78, 5) is 12.7. The number of ether oxygens (including phenoxy) is 1. The van der Waals surface area contributed by atoms with Crippen molar-refractivity contribution < 1.29 is 19.3 Å². The van der Waals surface area contributed by atoms with Gasteiger partial charge in [0.15, 0.2) is 7.14 Å². The molecular formula is C45H56NO4P. The Bertz CT molecular complexity index is 1690. The number of nitrogens with zero attached hydrogens (tertiary/aromatic N) is 1. The molecule has 1 aliphatic heterocycles. The summed E-state index contributed by atoms with van der Waals surface area (Å²) in [6.45, 7) is 10.2. The van der Waals surface area contributed by atoms with Crippen molar-refractivity contribution in [3.05, 3.63) is 139 Å². The van der Waals surface area contributed by atoms with E-state index in [2.05, 4.69) is 73.7 Å². The molecule has 1 N–H and O–H groups in total. The van der Waals surface area contributed by atoms with E-state index in [1.807, 2.05) is 88.4 Å². The van der Waals surface area contributed by atoms with Gasteiger partial charge < -0.3 is 14.5 Å². The van der Waals surface area contributed by atoms with Crippen LogP contribution in [0.2, 0.25) is 0 Å². The molecule has 1 heterocycles. The fraction of sp³-hybridized carbons (Fsp3) is 0.400. The van der Waals surface area contributed by atoms with E-state index in [4.69, 9.17) is 4.74 Å². The van der Waals surface area contributed by atoms with E-state index in [0.29, 0.717) is 31.1 Å². The van der Waals surface area contributed by atoms with E-state index in [0.717, 1.165) is 48.0 Å². The molecule has 6 heteroatoms. The smallest absolute Gasteiger partial charge is 0.306 e. The number of benzene rings is 4. The third kappa shape index (κ3) is 9.57. The average molecular weight is 706 g/mol. The molecule has 51 heavy (non-hydrogen) atoms. The van der Waals surface area contributed by atoms with Gasteiger partial charge in [0.25, 0.3) is 0 Å². The minimum atomic E-state index is -3.01. The second kappa shape index (κ2) is 17.2. The van der Waals surface area contributed by atoms with Crippen LogP contribution in [0.4, 0.5) is 0 Å². The van der Waals surface area contributed by atoms with Gasteiger partial charge in [0.2, 0.25) is 0 Å². The topological polar surface area (TPSA) is 66.8 Å². The van der Waals surface area contributed by atoms with Crippen LogP contribution in [-0.4, -0.2) is 33.4 Å². The molecule has 5 nitrogen and oxygen atoms in total. The number of hydrogen-bond acceptors (Lipinski definition) is 5. The summed E-state index contributed by atoms with van der Waals surface area (Å²) in [5.41, 5.74) is 1.71. The first-order valence-corrected chi connectivity index (χ1v) is 20.3. The molecule has 0 radical (unpaired) electrons. The van der Waals surface area contributed by atoms with Gasteiger partial charge in [-0.3, -0.25) is 4.79 Å². The van der Waals surface area contributed by atoms with Gasteiger partial charge in [-0.2, -0.15) is 5.06 Å². The largest absolute Gasteiger partial charge is 0.462 e. The minimum Gasteiger partial charge on any atom is -0.462 e. The molecule has 1 aliphatic rings. The number of carbonyl (C=O) groups is 1. The predicted octanol–water partition coefficient (Wildman–Crippen LogP) is 10.1. The highest BCUT2D eigenvalue weighted by Crippen LogP contribution is 2.43. The van der Waals surface area contributed by atoms with Crippen LogP contribution in [0.15, 0.2) is 127 Å². The molecule has 0 bridgehead atoms. The Balaban J connectivity index is 1.21. The maximum absolute atomic E-state index is 14.9. The quantitative estimate of drug-likeness (QED) is 0.0577. The number of carbonyl (C=O) groups excluding carboxylic acids is 1. The maximum atomic E-state index is 14.9. The fourth-order valence-corrected chi connectivity index (χ4v) is 10.6. The van der Waals surface area contributed by atoms with Gasteiger partial charge in [-0.25, -0.2) is 0 Å². The van der Waals surface area contributed by atoms with E-state index in [9.17, 15) is 14.6 Å². The molecule has 1 saturated heterocycles. The van der Waals surface area contributed by atoms with Gasteiger partial charge in [-0.15, -0.1) is 0 Å². The monoisotopic (exact) mass is 705 g/mol. The first-order chi connectivity index (χ1) is 24.4. The van der Waals surface area contributed by atoms with Crippen LogP contribution in [0.3, 0.4) is 0 Å². The van der Waals surface area contributed by atoms with Crippen LogP contribution < -0.4 is 15.9 Å². The van der Waals surface area contributed by atoms with Crippen molar-refractivity contribution in [1.29, 1.82) is 0 Å². The van der Waals surface area contributed by atoms with Gasteiger partial charge in [-0.05, 0) is 82.8 Å². The zero-order chi connectivity index (χ0) is 36.5. The number of hydrogen-bond donors (Lipinski definition) is 1. The maximum Gasteiger partial charge on any atom is 0.306 e. The highest BCUT2D eigenvalue weighted by atomic mass is 31.2. The lowest BCUT2D eigenvalue weighted by Crippen LogP contribution is -2.60. The molecule has 0 saturated carbocycles. The summed E-state index contributed by atoms with van der Waals surface area (Å²) >= 11 is 0. The van der Waals surface area contributed by atoms with Crippen molar-refractivity contribution in [3.63, 3.8) is 0 Å². The van der Waals surface area contributed by atoms with E-state index in [1.165, 1.54) is 16.2 Å². The Hall–Kier alpha value is -3.76.